The number of rotatable bonds is 1. The van der Waals surface area contributed by atoms with Crippen LogP contribution in [0.2, 0.25) is 0 Å². The minimum atomic E-state index is 0.614. The van der Waals surface area contributed by atoms with Crippen molar-refractivity contribution in [3.8, 4) is 0 Å². The van der Waals surface area contributed by atoms with Crippen LogP contribution in [0.25, 0.3) is 5.57 Å². The van der Waals surface area contributed by atoms with Gasteiger partial charge in [0, 0.05) is 17.6 Å². The third-order valence-corrected chi connectivity index (χ3v) is 3.44. The maximum absolute atomic E-state index is 5.22. The Morgan fingerprint density at radius 2 is 2.43 bits per heavy atom. The first kappa shape index (κ1) is 6.82. The maximum Gasteiger partial charge on any atom is 0.163 e. The van der Waals surface area contributed by atoms with E-state index in [1.807, 2.05) is 6.07 Å². The molecule has 3 aliphatic carbocycles. The summed E-state index contributed by atoms with van der Waals surface area (Å²) in [5, 5.41) is 3.76. The molecule has 0 bridgehead atoms. The third kappa shape index (κ3) is 0.662. The average Bonchev–Trinajstić information content (AvgIpc) is 2.67. The van der Waals surface area contributed by atoms with Crippen LogP contribution in [0.1, 0.15) is 12.2 Å². The average molecular weight is 183 g/mol. The number of nitrogens with zero attached hydrogens (tertiary/aromatic N) is 1. The van der Waals surface area contributed by atoms with Gasteiger partial charge in [-0.05, 0) is 17.9 Å². The highest BCUT2D eigenvalue weighted by Gasteiger charge is 2.52. The second-order valence-corrected chi connectivity index (χ2v) is 4.13. The van der Waals surface area contributed by atoms with Gasteiger partial charge < -0.3 is 4.52 Å². The predicted molar refractivity (Wildman–Crippen MR) is 52.2 cm³/mol. The second kappa shape index (κ2) is 2.08. The Kier molecular flexibility index (Phi) is 1.02. The Morgan fingerprint density at radius 1 is 1.43 bits per heavy atom. The van der Waals surface area contributed by atoms with Crippen LogP contribution in [0.4, 0.5) is 0 Å². The topological polar surface area (TPSA) is 26.0 Å². The van der Waals surface area contributed by atoms with Crippen LogP contribution < -0.4 is 0 Å². The minimum Gasteiger partial charge on any atom is -0.357 e. The quantitative estimate of drug-likeness (QED) is 0.668. The van der Waals surface area contributed by atoms with Crippen LogP contribution >= 0.6 is 0 Å². The summed E-state index contributed by atoms with van der Waals surface area (Å²) >= 11 is 0. The van der Waals surface area contributed by atoms with Crippen molar-refractivity contribution >= 4 is 5.57 Å². The molecular formula is C12H9NO. The minimum absolute atomic E-state index is 0.614. The van der Waals surface area contributed by atoms with Gasteiger partial charge in [0.15, 0.2) is 5.76 Å². The molecule has 0 aliphatic heterocycles. The van der Waals surface area contributed by atoms with E-state index in [1.54, 1.807) is 11.8 Å². The standard InChI is InChI=1S/C12H9NO/c1-2-7-9-6-10(9)12(7)8(3-1)11-4-5-13-14-11/h1-5,10,12H,6H2. The van der Waals surface area contributed by atoms with E-state index < -0.39 is 0 Å². The molecule has 68 valence electrons. The van der Waals surface area contributed by atoms with Gasteiger partial charge in [-0.1, -0.05) is 29.0 Å². The first-order chi connectivity index (χ1) is 6.95. The molecule has 0 saturated heterocycles. The molecule has 1 saturated carbocycles. The largest absolute Gasteiger partial charge is 0.357 e. The van der Waals surface area contributed by atoms with Crippen LogP contribution in [-0.2, 0) is 0 Å². The van der Waals surface area contributed by atoms with Crippen LogP contribution in [0.5, 0.6) is 0 Å². The zero-order chi connectivity index (χ0) is 9.12. The molecule has 1 heterocycles. The Labute approximate surface area is 81.6 Å². The van der Waals surface area contributed by atoms with Crippen LogP contribution in [0.3, 0.4) is 0 Å². The van der Waals surface area contributed by atoms with Crippen molar-refractivity contribution < 1.29 is 4.52 Å². The molecule has 2 atom stereocenters. The van der Waals surface area contributed by atoms with Crippen molar-refractivity contribution in [2.75, 3.05) is 0 Å². The molecule has 0 N–H and O–H groups in total. The highest BCUT2D eigenvalue weighted by Crippen LogP contribution is 2.64. The second-order valence-electron chi connectivity index (χ2n) is 4.13. The van der Waals surface area contributed by atoms with E-state index in [4.69, 9.17) is 4.52 Å². The molecule has 2 heteroatoms. The summed E-state index contributed by atoms with van der Waals surface area (Å²) in [6.07, 6.45) is 9.53. The molecular weight excluding hydrogens is 174 g/mol. The molecule has 0 spiro atoms. The summed E-state index contributed by atoms with van der Waals surface area (Å²) in [4.78, 5) is 0. The third-order valence-electron chi connectivity index (χ3n) is 3.44. The molecule has 1 aromatic rings. The smallest absolute Gasteiger partial charge is 0.163 e. The summed E-state index contributed by atoms with van der Waals surface area (Å²) in [5.74, 6) is 2.37. The first-order valence-corrected chi connectivity index (χ1v) is 4.97. The molecule has 1 fully saturated rings. The van der Waals surface area contributed by atoms with E-state index in [2.05, 4.69) is 23.4 Å². The Balaban J connectivity index is 1.85. The lowest BCUT2D eigenvalue weighted by molar-refractivity contribution is 0.404. The van der Waals surface area contributed by atoms with Crippen molar-refractivity contribution in [1.29, 1.82) is 0 Å². The van der Waals surface area contributed by atoms with Gasteiger partial charge >= 0.3 is 0 Å². The zero-order valence-electron chi connectivity index (χ0n) is 7.60. The molecule has 0 amide bonds. The van der Waals surface area contributed by atoms with E-state index >= 15 is 0 Å². The molecule has 2 nitrogen and oxygen atoms in total. The van der Waals surface area contributed by atoms with Crippen molar-refractivity contribution in [1.82, 2.24) is 5.16 Å². The van der Waals surface area contributed by atoms with E-state index in [-0.39, 0.29) is 0 Å². The van der Waals surface area contributed by atoms with Crippen LogP contribution in [0.15, 0.2) is 46.2 Å². The van der Waals surface area contributed by atoms with Crippen molar-refractivity contribution in [2.45, 2.75) is 6.42 Å². The van der Waals surface area contributed by atoms with Crippen molar-refractivity contribution in [3.63, 3.8) is 0 Å². The monoisotopic (exact) mass is 183 g/mol. The Hall–Kier alpha value is -1.57. The number of allylic oxidation sites excluding steroid dienone is 6. The summed E-state index contributed by atoms with van der Waals surface area (Å²) in [5.41, 5.74) is 4.51. The van der Waals surface area contributed by atoms with Gasteiger partial charge in [-0.3, -0.25) is 0 Å². The lowest BCUT2D eigenvalue weighted by atomic mass is 9.75. The lowest BCUT2D eigenvalue weighted by Crippen LogP contribution is -2.17. The van der Waals surface area contributed by atoms with E-state index in [9.17, 15) is 0 Å². The van der Waals surface area contributed by atoms with Gasteiger partial charge in [-0.2, -0.15) is 0 Å². The summed E-state index contributed by atoms with van der Waals surface area (Å²) in [6.45, 7) is 0. The van der Waals surface area contributed by atoms with Gasteiger partial charge in [0.1, 0.15) is 0 Å². The highest BCUT2D eigenvalue weighted by molar-refractivity contribution is 5.78. The summed E-state index contributed by atoms with van der Waals surface area (Å²) in [6, 6.07) is 1.95. The van der Waals surface area contributed by atoms with Crippen molar-refractivity contribution in [2.24, 2.45) is 11.8 Å². The van der Waals surface area contributed by atoms with E-state index in [1.165, 1.54) is 17.6 Å². The fourth-order valence-electron chi connectivity index (χ4n) is 2.70. The molecule has 0 radical (unpaired) electrons. The predicted octanol–water partition coefficient (Wildman–Crippen LogP) is 2.57. The van der Waals surface area contributed by atoms with Crippen LogP contribution in [-0.4, -0.2) is 5.16 Å². The van der Waals surface area contributed by atoms with Gasteiger partial charge in [-0.25, -0.2) is 0 Å². The van der Waals surface area contributed by atoms with Gasteiger partial charge in [0.05, 0.1) is 6.20 Å². The lowest BCUT2D eigenvalue weighted by Gasteiger charge is -2.28. The van der Waals surface area contributed by atoms with Crippen molar-refractivity contribution in [3.05, 3.63) is 47.4 Å². The van der Waals surface area contributed by atoms with Gasteiger partial charge in [-0.15, -0.1) is 0 Å². The van der Waals surface area contributed by atoms with Gasteiger partial charge in [0.25, 0.3) is 0 Å². The van der Waals surface area contributed by atoms with E-state index in [0.717, 1.165) is 11.7 Å². The highest BCUT2D eigenvalue weighted by atomic mass is 16.5. The molecule has 14 heavy (non-hydrogen) atoms. The number of fused-ring (bicyclic) bond motifs is 3. The zero-order valence-corrected chi connectivity index (χ0v) is 7.60. The Morgan fingerprint density at radius 3 is 3.29 bits per heavy atom. The fraction of sp³-hybridized carbons (Fsp3) is 0.250. The fourth-order valence-corrected chi connectivity index (χ4v) is 2.70. The first-order valence-electron chi connectivity index (χ1n) is 4.97. The molecule has 3 aliphatic rings. The summed E-state index contributed by atoms with van der Waals surface area (Å²) in [7, 11) is 0. The van der Waals surface area contributed by atoms with Gasteiger partial charge in [0.2, 0.25) is 0 Å². The number of aromatic nitrogens is 1. The normalized spacial score (nSPS) is 31.9. The molecule has 1 aromatic heterocycles. The number of hydrogen-bond donors (Lipinski definition) is 0. The SMILES string of the molecule is C1=CC2=C3CC3C2C(c2ccno2)=C1. The molecule has 4 rings (SSSR count). The maximum atomic E-state index is 5.22. The number of hydrogen-bond acceptors (Lipinski definition) is 2. The molecule has 0 aromatic carbocycles. The summed E-state index contributed by atoms with van der Waals surface area (Å²) < 4.78 is 5.22. The molecule has 2 unspecified atom stereocenters. The van der Waals surface area contributed by atoms with Crippen LogP contribution in [0, 0.1) is 11.8 Å². The van der Waals surface area contributed by atoms with E-state index in [0.29, 0.717) is 5.92 Å². The Bertz CT molecular complexity index is 490.